The molecule has 1 heterocycles. The molecule has 0 aromatic carbocycles. The molecule has 1 atom stereocenters. The smallest absolute Gasteiger partial charge is 0.270 e. The molecule has 1 aromatic rings. The molecule has 1 saturated carbocycles. The van der Waals surface area contributed by atoms with Crippen LogP contribution in [0.25, 0.3) is 0 Å². The number of nitrogens with one attached hydrogen (secondary N) is 1. The largest absolute Gasteiger partial charge is 0.299 e. The SMILES string of the molecule is CC(C1CC1)n1[nH]c2c(c1=O)CCC2. The zero-order valence-corrected chi connectivity index (χ0v) is 8.55. The Hall–Kier alpha value is -0.990. The first-order valence-corrected chi connectivity index (χ1v) is 5.59. The van der Waals surface area contributed by atoms with Crippen molar-refractivity contribution in [2.24, 2.45) is 5.92 Å². The van der Waals surface area contributed by atoms with Gasteiger partial charge in [-0.3, -0.25) is 9.89 Å². The van der Waals surface area contributed by atoms with Crippen LogP contribution in [0.4, 0.5) is 0 Å². The molecule has 0 amide bonds. The molecule has 0 bridgehead atoms. The Morgan fingerprint density at radius 2 is 2.21 bits per heavy atom. The van der Waals surface area contributed by atoms with Crippen LogP contribution in [0.2, 0.25) is 0 Å². The van der Waals surface area contributed by atoms with Gasteiger partial charge in [-0.2, -0.15) is 0 Å². The van der Waals surface area contributed by atoms with Crippen LogP contribution in [-0.2, 0) is 12.8 Å². The Morgan fingerprint density at radius 1 is 1.43 bits per heavy atom. The molecular weight excluding hydrogens is 176 g/mol. The quantitative estimate of drug-likeness (QED) is 0.760. The normalized spacial score (nSPS) is 22.4. The number of aromatic nitrogens is 2. The third kappa shape index (κ3) is 1.08. The molecule has 3 heteroatoms. The lowest BCUT2D eigenvalue weighted by atomic mass is 10.2. The van der Waals surface area contributed by atoms with Crippen LogP contribution in [0.5, 0.6) is 0 Å². The van der Waals surface area contributed by atoms with E-state index in [2.05, 4.69) is 12.0 Å². The fourth-order valence-corrected chi connectivity index (χ4v) is 2.52. The molecule has 14 heavy (non-hydrogen) atoms. The van der Waals surface area contributed by atoms with Crippen molar-refractivity contribution < 1.29 is 0 Å². The predicted molar refractivity (Wildman–Crippen MR) is 54.5 cm³/mol. The summed E-state index contributed by atoms with van der Waals surface area (Å²) in [5, 5.41) is 3.29. The molecule has 2 aliphatic carbocycles. The van der Waals surface area contributed by atoms with E-state index in [0.29, 0.717) is 6.04 Å². The maximum absolute atomic E-state index is 12.0. The van der Waals surface area contributed by atoms with Gasteiger partial charge in [0, 0.05) is 11.3 Å². The molecular formula is C11H16N2O. The van der Waals surface area contributed by atoms with Gasteiger partial charge in [-0.15, -0.1) is 0 Å². The fourth-order valence-electron chi connectivity index (χ4n) is 2.52. The van der Waals surface area contributed by atoms with Gasteiger partial charge in [0.05, 0.1) is 6.04 Å². The first-order valence-electron chi connectivity index (χ1n) is 5.59. The number of aryl methyl sites for hydroxylation is 1. The summed E-state index contributed by atoms with van der Waals surface area (Å²) in [7, 11) is 0. The van der Waals surface area contributed by atoms with Crippen LogP contribution in [0.15, 0.2) is 4.79 Å². The molecule has 76 valence electrons. The minimum atomic E-state index is 0.247. The lowest BCUT2D eigenvalue weighted by Gasteiger charge is -2.10. The Bertz CT molecular complexity index is 411. The van der Waals surface area contributed by atoms with Crippen molar-refractivity contribution in [2.75, 3.05) is 0 Å². The highest BCUT2D eigenvalue weighted by atomic mass is 16.1. The Labute approximate surface area is 83.1 Å². The van der Waals surface area contributed by atoms with Crippen LogP contribution in [0.1, 0.15) is 43.5 Å². The molecule has 0 saturated heterocycles. The van der Waals surface area contributed by atoms with Gasteiger partial charge in [0.15, 0.2) is 0 Å². The van der Waals surface area contributed by atoms with E-state index < -0.39 is 0 Å². The number of hydrogen-bond donors (Lipinski definition) is 1. The van der Waals surface area contributed by atoms with E-state index in [1.807, 2.05) is 4.68 Å². The van der Waals surface area contributed by atoms with E-state index in [1.165, 1.54) is 18.5 Å². The van der Waals surface area contributed by atoms with E-state index in [1.54, 1.807) is 0 Å². The van der Waals surface area contributed by atoms with E-state index in [0.717, 1.165) is 30.7 Å². The van der Waals surface area contributed by atoms with Gasteiger partial charge in [-0.05, 0) is 44.9 Å². The van der Waals surface area contributed by atoms with Crippen LogP contribution in [0.3, 0.4) is 0 Å². The van der Waals surface area contributed by atoms with E-state index in [9.17, 15) is 4.79 Å². The van der Waals surface area contributed by atoms with Crippen LogP contribution in [0, 0.1) is 5.92 Å². The molecule has 0 radical (unpaired) electrons. The molecule has 0 spiro atoms. The lowest BCUT2D eigenvalue weighted by Crippen LogP contribution is -2.23. The topological polar surface area (TPSA) is 37.8 Å². The van der Waals surface area contributed by atoms with Crippen molar-refractivity contribution >= 4 is 0 Å². The zero-order chi connectivity index (χ0) is 9.71. The van der Waals surface area contributed by atoms with Crippen LogP contribution >= 0.6 is 0 Å². The van der Waals surface area contributed by atoms with Gasteiger partial charge in [0.1, 0.15) is 0 Å². The van der Waals surface area contributed by atoms with Crippen molar-refractivity contribution in [1.29, 1.82) is 0 Å². The highest BCUT2D eigenvalue weighted by Crippen LogP contribution is 2.38. The second kappa shape index (κ2) is 2.75. The molecule has 1 fully saturated rings. The number of aromatic amines is 1. The van der Waals surface area contributed by atoms with Crippen molar-refractivity contribution in [3.8, 4) is 0 Å². The maximum Gasteiger partial charge on any atom is 0.270 e. The average Bonchev–Trinajstić information content (AvgIpc) is 2.84. The minimum absolute atomic E-state index is 0.247. The highest BCUT2D eigenvalue weighted by molar-refractivity contribution is 5.22. The summed E-state index contributed by atoms with van der Waals surface area (Å²) in [5.74, 6) is 0.742. The van der Waals surface area contributed by atoms with E-state index in [4.69, 9.17) is 0 Å². The van der Waals surface area contributed by atoms with Gasteiger partial charge >= 0.3 is 0 Å². The molecule has 0 aliphatic heterocycles. The summed E-state index contributed by atoms with van der Waals surface area (Å²) in [5.41, 5.74) is 2.50. The molecule has 3 rings (SSSR count). The zero-order valence-electron chi connectivity index (χ0n) is 8.55. The predicted octanol–water partition coefficient (Wildman–Crippen LogP) is 1.64. The van der Waals surface area contributed by atoms with E-state index >= 15 is 0 Å². The van der Waals surface area contributed by atoms with Gasteiger partial charge in [0.25, 0.3) is 5.56 Å². The third-order valence-electron chi connectivity index (χ3n) is 3.66. The second-order valence-electron chi connectivity index (χ2n) is 4.68. The summed E-state index contributed by atoms with van der Waals surface area (Å²) >= 11 is 0. The van der Waals surface area contributed by atoms with Crippen LogP contribution < -0.4 is 5.56 Å². The molecule has 2 aliphatic rings. The number of fused-ring (bicyclic) bond motifs is 1. The first kappa shape index (κ1) is 8.33. The molecule has 3 nitrogen and oxygen atoms in total. The first-order chi connectivity index (χ1) is 6.77. The van der Waals surface area contributed by atoms with Gasteiger partial charge in [0.2, 0.25) is 0 Å². The number of hydrogen-bond acceptors (Lipinski definition) is 1. The Kier molecular flexibility index (Phi) is 1.64. The summed E-state index contributed by atoms with van der Waals surface area (Å²) in [6.07, 6.45) is 5.77. The van der Waals surface area contributed by atoms with Gasteiger partial charge < -0.3 is 0 Å². The van der Waals surface area contributed by atoms with Gasteiger partial charge in [-0.1, -0.05) is 0 Å². The monoisotopic (exact) mass is 192 g/mol. The molecule has 1 N–H and O–H groups in total. The summed E-state index contributed by atoms with van der Waals surface area (Å²) in [6, 6.07) is 0.382. The van der Waals surface area contributed by atoms with Gasteiger partial charge in [-0.25, -0.2) is 4.68 Å². The summed E-state index contributed by atoms with van der Waals surface area (Å²) in [6.45, 7) is 2.16. The highest BCUT2D eigenvalue weighted by Gasteiger charge is 2.32. The number of nitrogens with zero attached hydrogens (tertiary/aromatic N) is 1. The van der Waals surface area contributed by atoms with Crippen molar-refractivity contribution in [3.63, 3.8) is 0 Å². The lowest BCUT2D eigenvalue weighted by molar-refractivity contribution is 0.424. The van der Waals surface area contributed by atoms with Crippen molar-refractivity contribution in [2.45, 2.75) is 45.1 Å². The maximum atomic E-state index is 12.0. The van der Waals surface area contributed by atoms with Crippen molar-refractivity contribution in [1.82, 2.24) is 9.78 Å². The summed E-state index contributed by atoms with van der Waals surface area (Å²) in [4.78, 5) is 12.0. The van der Waals surface area contributed by atoms with Crippen molar-refractivity contribution in [3.05, 3.63) is 21.6 Å². The number of H-pyrrole nitrogens is 1. The molecule has 1 aromatic heterocycles. The number of rotatable bonds is 2. The van der Waals surface area contributed by atoms with Crippen LogP contribution in [-0.4, -0.2) is 9.78 Å². The minimum Gasteiger partial charge on any atom is -0.299 e. The third-order valence-corrected chi connectivity index (χ3v) is 3.66. The fraction of sp³-hybridized carbons (Fsp3) is 0.727. The standard InChI is InChI=1S/C11H16N2O/c1-7(8-5-6-8)13-11(14)9-3-2-4-10(9)12-13/h7-8,12H,2-6H2,1H3. The Morgan fingerprint density at radius 3 is 2.86 bits per heavy atom. The molecule has 1 unspecified atom stereocenters. The summed E-state index contributed by atoms with van der Waals surface area (Å²) < 4.78 is 1.86. The average molecular weight is 192 g/mol. The Balaban J connectivity index is 2.02. The van der Waals surface area contributed by atoms with E-state index in [-0.39, 0.29) is 5.56 Å². The second-order valence-corrected chi connectivity index (χ2v) is 4.68.